The fourth-order valence-corrected chi connectivity index (χ4v) is 3.50. The van der Waals surface area contributed by atoms with E-state index in [2.05, 4.69) is 31.1 Å². The molecule has 0 radical (unpaired) electrons. The predicted molar refractivity (Wildman–Crippen MR) is 106 cm³/mol. The summed E-state index contributed by atoms with van der Waals surface area (Å²) < 4.78 is 6.19. The number of nitro benzene ring substituents is 1. The number of nitrogens with one attached hydrogen (secondary N) is 1. The first-order chi connectivity index (χ1) is 13.4. The third-order valence-corrected chi connectivity index (χ3v) is 5.12. The van der Waals surface area contributed by atoms with Gasteiger partial charge < -0.3 is 9.52 Å². The molecule has 1 aromatic carbocycles. The van der Waals surface area contributed by atoms with Gasteiger partial charge in [-0.2, -0.15) is 0 Å². The van der Waals surface area contributed by atoms with Crippen LogP contribution in [0.25, 0.3) is 17.4 Å². The van der Waals surface area contributed by atoms with Crippen LogP contribution in [0.3, 0.4) is 0 Å². The average Bonchev–Trinajstić information content (AvgIpc) is 3.30. The number of hydrogen-bond acceptors (Lipinski definition) is 7. The number of nitro groups is 1. The first-order valence-electron chi connectivity index (χ1n) is 7.95. The van der Waals surface area contributed by atoms with E-state index in [1.165, 1.54) is 18.2 Å². The second-order valence-electron chi connectivity index (χ2n) is 5.46. The number of thioether (sulfide) groups is 1. The summed E-state index contributed by atoms with van der Waals surface area (Å²) in [5.74, 6) is 0.281. The first-order valence-corrected chi connectivity index (χ1v) is 9.56. The topological polar surface area (TPSA) is 135 Å². The van der Waals surface area contributed by atoms with Crippen molar-refractivity contribution in [3.05, 3.63) is 61.4 Å². The van der Waals surface area contributed by atoms with E-state index in [9.17, 15) is 20.0 Å². The van der Waals surface area contributed by atoms with Crippen LogP contribution >= 0.6 is 27.7 Å². The molecule has 3 rings (SSSR count). The van der Waals surface area contributed by atoms with Crippen LogP contribution in [0.1, 0.15) is 18.5 Å². The number of aryl methyl sites for hydroxylation is 1. The molecule has 2 heterocycles. The van der Waals surface area contributed by atoms with Crippen molar-refractivity contribution in [2.75, 3.05) is 0 Å². The van der Waals surface area contributed by atoms with Crippen molar-refractivity contribution in [2.45, 2.75) is 18.5 Å². The molecule has 0 aliphatic rings. The van der Waals surface area contributed by atoms with Crippen LogP contribution in [0, 0.1) is 10.1 Å². The number of non-ortho nitro benzene ring substituents is 1. The third kappa shape index (κ3) is 4.49. The number of benzene rings is 1. The smallest absolute Gasteiger partial charge is 0.342 e. The van der Waals surface area contributed by atoms with Crippen molar-refractivity contribution >= 4 is 45.4 Å². The Kier molecular flexibility index (Phi) is 5.95. The van der Waals surface area contributed by atoms with Crippen LogP contribution in [0.15, 0.2) is 49.3 Å². The van der Waals surface area contributed by atoms with E-state index in [-0.39, 0.29) is 10.6 Å². The molecule has 2 N–H and O–H groups in total. The Morgan fingerprint density at radius 3 is 2.82 bits per heavy atom. The fourth-order valence-electron chi connectivity index (χ4n) is 2.24. The monoisotopic (exact) mass is 464 g/mol. The van der Waals surface area contributed by atoms with Crippen molar-refractivity contribution in [1.29, 1.82) is 0 Å². The maximum Gasteiger partial charge on any atom is 0.342 e. The number of aromatic nitrogens is 3. The minimum absolute atomic E-state index is 0.00896. The number of aliphatic carboxylic acids is 1. The highest BCUT2D eigenvalue weighted by molar-refractivity contribution is 9.10. The van der Waals surface area contributed by atoms with Crippen LogP contribution < -0.4 is 0 Å². The summed E-state index contributed by atoms with van der Waals surface area (Å²) in [5, 5.41) is 27.3. The summed E-state index contributed by atoms with van der Waals surface area (Å²) in [4.78, 5) is 26.1. The molecular weight excluding hydrogens is 452 g/mol. The highest BCUT2D eigenvalue weighted by atomic mass is 79.9. The van der Waals surface area contributed by atoms with E-state index in [1.54, 1.807) is 18.2 Å². The van der Waals surface area contributed by atoms with E-state index in [0.29, 0.717) is 39.0 Å². The van der Waals surface area contributed by atoms with E-state index in [0.717, 1.165) is 11.8 Å². The van der Waals surface area contributed by atoms with Gasteiger partial charge in [0, 0.05) is 34.7 Å². The summed E-state index contributed by atoms with van der Waals surface area (Å²) in [5.41, 5.74) is 0.557. The molecule has 0 fully saturated rings. The third-order valence-electron chi connectivity index (χ3n) is 3.59. The zero-order valence-electron chi connectivity index (χ0n) is 14.4. The number of H-pyrrole nitrogens is 1. The van der Waals surface area contributed by atoms with Gasteiger partial charge in [0.2, 0.25) is 5.16 Å². The number of carbonyl (C=O) groups is 1. The van der Waals surface area contributed by atoms with Crippen molar-refractivity contribution in [2.24, 2.45) is 0 Å². The van der Waals surface area contributed by atoms with Gasteiger partial charge in [-0.25, -0.2) is 9.78 Å². The number of halogens is 1. The quantitative estimate of drug-likeness (QED) is 0.225. The van der Waals surface area contributed by atoms with Gasteiger partial charge >= 0.3 is 5.97 Å². The molecule has 0 bridgehead atoms. The molecular formula is C17H13BrN4O5S. The lowest BCUT2D eigenvalue weighted by Crippen LogP contribution is -1.97. The molecule has 3 aromatic rings. The Morgan fingerprint density at radius 1 is 1.43 bits per heavy atom. The van der Waals surface area contributed by atoms with Crippen LogP contribution in [0.4, 0.5) is 5.69 Å². The lowest BCUT2D eigenvalue weighted by Gasteiger charge is -2.01. The normalized spacial score (nSPS) is 11.6. The molecule has 0 saturated carbocycles. The Bertz CT molecular complexity index is 1080. The van der Waals surface area contributed by atoms with Gasteiger partial charge in [-0.1, -0.05) is 6.92 Å². The molecule has 0 unspecified atom stereocenters. The number of carboxylic acids is 1. The molecule has 0 spiro atoms. The molecule has 28 heavy (non-hydrogen) atoms. The highest BCUT2D eigenvalue weighted by Gasteiger charge is 2.16. The van der Waals surface area contributed by atoms with E-state index < -0.39 is 10.9 Å². The van der Waals surface area contributed by atoms with Gasteiger partial charge in [0.1, 0.15) is 22.3 Å². The largest absolute Gasteiger partial charge is 0.477 e. The van der Waals surface area contributed by atoms with Crippen LogP contribution in [-0.2, 0) is 11.2 Å². The number of hydrogen-bond donors (Lipinski definition) is 2. The van der Waals surface area contributed by atoms with E-state index in [1.807, 2.05) is 6.92 Å². The summed E-state index contributed by atoms with van der Waals surface area (Å²) in [6, 6.07) is 7.57. The van der Waals surface area contributed by atoms with Crippen molar-refractivity contribution in [3.63, 3.8) is 0 Å². The number of furan rings is 1. The molecule has 2 aromatic heterocycles. The predicted octanol–water partition coefficient (Wildman–Crippen LogP) is 4.52. The van der Waals surface area contributed by atoms with Gasteiger partial charge in [-0.15, -0.1) is 5.10 Å². The summed E-state index contributed by atoms with van der Waals surface area (Å²) in [6.45, 7) is 1.91. The Hall–Kier alpha value is -2.92. The minimum atomic E-state index is -1.14. The molecule has 0 saturated heterocycles. The minimum Gasteiger partial charge on any atom is -0.477 e. The summed E-state index contributed by atoms with van der Waals surface area (Å²) in [6.07, 6.45) is 2.03. The fraction of sp³-hybridized carbons (Fsp3) is 0.118. The number of rotatable bonds is 7. The van der Waals surface area contributed by atoms with Gasteiger partial charge in [-0.05, 0) is 45.9 Å². The number of nitrogens with zero attached hydrogens (tertiary/aromatic N) is 3. The zero-order valence-corrected chi connectivity index (χ0v) is 16.8. The van der Waals surface area contributed by atoms with Crippen molar-refractivity contribution in [3.8, 4) is 11.3 Å². The molecule has 0 aliphatic heterocycles. The second kappa shape index (κ2) is 8.40. The standard InChI is InChI=1S/C17H13BrN4O5S/c1-2-15-19-17(21-20-15)28-14(16(23)24)8-10-4-6-13(27-10)11-5-3-9(22(25)26)7-12(11)18/h3-8H,2H2,1H3,(H,23,24)(H,19,20,21)/b14-8-. The lowest BCUT2D eigenvalue weighted by molar-refractivity contribution is -0.384. The molecule has 0 amide bonds. The number of carboxylic acid groups (broad SMARTS) is 1. The molecule has 9 nitrogen and oxygen atoms in total. The van der Waals surface area contributed by atoms with Crippen molar-refractivity contribution in [1.82, 2.24) is 15.2 Å². The zero-order chi connectivity index (χ0) is 20.3. The van der Waals surface area contributed by atoms with Gasteiger partial charge in [0.05, 0.1) is 4.92 Å². The van der Waals surface area contributed by atoms with Crippen LogP contribution in [0.2, 0.25) is 0 Å². The highest BCUT2D eigenvalue weighted by Crippen LogP contribution is 2.34. The summed E-state index contributed by atoms with van der Waals surface area (Å²) >= 11 is 4.20. The Labute approximate surface area is 171 Å². The maximum atomic E-state index is 11.5. The van der Waals surface area contributed by atoms with E-state index >= 15 is 0 Å². The summed E-state index contributed by atoms with van der Waals surface area (Å²) in [7, 11) is 0. The SMILES string of the molecule is CCc1nc(S/C(=C\c2ccc(-c3ccc([N+](=O)[O-])cc3Br)o2)C(=O)O)n[nH]1. The van der Waals surface area contributed by atoms with Gasteiger partial charge in [0.25, 0.3) is 5.69 Å². The average molecular weight is 465 g/mol. The molecule has 0 atom stereocenters. The second-order valence-corrected chi connectivity index (χ2v) is 7.32. The lowest BCUT2D eigenvalue weighted by atomic mass is 10.1. The Balaban J connectivity index is 1.86. The molecule has 144 valence electrons. The van der Waals surface area contributed by atoms with Crippen LogP contribution in [-0.4, -0.2) is 31.2 Å². The Morgan fingerprint density at radius 2 is 2.21 bits per heavy atom. The van der Waals surface area contributed by atoms with Gasteiger partial charge in [-0.3, -0.25) is 15.2 Å². The van der Waals surface area contributed by atoms with Crippen molar-refractivity contribution < 1.29 is 19.2 Å². The number of aromatic amines is 1. The van der Waals surface area contributed by atoms with Gasteiger partial charge in [0.15, 0.2) is 0 Å². The van der Waals surface area contributed by atoms with Crippen LogP contribution in [0.5, 0.6) is 0 Å². The first kappa shape index (κ1) is 19.8. The van der Waals surface area contributed by atoms with E-state index in [4.69, 9.17) is 4.42 Å². The molecule has 0 aliphatic carbocycles. The maximum absolute atomic E-state index is 11.5. The molecule has 11 heteroatoms.